The third kappa shape index (κ3) is 2.99. The van der Waals surface area contributed by atoms with E-state index in [1.54, 1.807) is 6.08 Å². The zero-order valence-corrected chi connectivity index (χ0v) is 9.23. The van der Waals surface area contributed by atoms with Crippen molar-refractivity contribution < 1.29 is 9.59 Å². The van der Waals surface area contributed by atoms with Gasteiger partial charge in [-0.05, 0) is 30.5 Å². The number of isocyanates is 2. The van der Waals surface area contributed by atoms with E-state index in [2.05, 4.69) is 9.98 Å². The molecule has 0 saturated carbocycles. The molecule has 4 nitrogen and oxygen atoms in total. The Morgan fingerprint density at radius 3 is 2.62 bits per heavy atom. The van der Waals surface area contributed by atoms with Crippen LogP contribution in [0.3, 0.4) is 0 Å². The van der Waals surface area contributed by atoms with Gasteiger partial charge in [-0.1, -0.05) is 18.2 Å². The van der Waals surface area contributed by atoms with Gasteiger partial charge < -0.3 is 0 Å². The molecule has 0 radical (unpaired) electrons. The third-order valence-corrected chi connectivity index (χ3v) is 2.36. The van der Waals surface area contributed by atoms with Crippen LogP contribution in [0.1, 0.15) is 29.7 Å². The van der Waals surface area contributed by atoms with Gasteiger partial charge in [-0.3, -0.25) is 0 Å². The predicted molar refractivity (Wildman–Crippen MR) is 59.5 cm³/mol. The normalized spacial score (nSPS) is 11.1. The molecule has 0 aliphatic carbocycles. The average Bonchev–Trinajstić information content (AvgIpc) is 2.26. The molecule has 0 saturated heterocycles. The second-order valence-electron chi connectivity index (χ2n) is 3.49. The van der Waals surface area contributed by atoms with E-state index < -0.39 is 0 Å². The molecule has 0 bridgehead atoms. The zero-order chi connectivity index (χ0) is 12.0. The summed E-state index contributed by atoms with van der Waals surface area (Å²) in [6.07, 6.45) is 3.05. The maximum Gasteiger partial charge on any atom is 0.235 e. The fraction of sp³-hybridized carbons (Fsp3) is 0.333. The number of nitrogens with zero attached hydrogens (tertiary/aromatic N) is 2. The first-order valence-electron chi connectivity index (χ1n) is 4.89. The van der Waals surface area contributed by atoms with E-state index in [0.29, 0.717) is 6.54 Å². The Labute approximate surface area is 93.7 Å². The van der Waals surface area contributed by atoms with Crippen molar-refractivity contribution in [3.05, 3.63) is 34.9 Å². The van der Waals surface area contributed by atoms with Gasteiger partial charge in [-0.2, -0.15) is 4.99 Å². The van der Waals surface area contributed by atoms with E-state index in [1.165, 1.54) is 6.08 Å². The van der Waals surface area contributed by atoms with Gasteiger partial charge in [-0.15, -0.1) is 0 Å². The smallest absolute Gasteiger partial charge is 0.211 e. The quantitative estimate of drug-likeness (QED) is 0.572. The van der Waals surface area contributed by atoms with Crippen molar-refractivity contribution in [2.75, 3.05) is 0 Å². The Balaban J connectivity index is 2.99. The summed E-state index contributed by atoms with van der Waals surface area (Å²) in [6.45, 7) is 4.09. The largest absolute Gasteiger partial charge is 0.235 e. The summed E-state index contributed by atoms with van der Waals surface area (Å²) in [4.78, 5) is 27.3. The molecule has 1 aromatic rings. The summed E-state index contributed by atoms with van der Waals surface area (Å²) in [5, 5.41) is 0. The first-order chi connectivity index (χ1) is 7.69. The molecule has 0 aliphatic heterocycles. The van der Waals surface area contributed by atoms with Crippen molar-refractivity contribution in [3.8, 4) is 0 Å². The first kappa shape index (κ1) is 12.1. The number of carbonyl (C=O) groups excluding carboxylic acids is 2. The third-order valence-electron chi connectivity index (χ3n) is 2.36. The van der Waals surface area contributed by atoms with Crippen molar-refractivity contribution in [1.29, 1.82) is 0 Å². The van der Waals surface area contributed by atoms with E-state index in [0.717, 1.165) is 16.7 Å². The molecule has 0 N–H and O–H groups in total. The minimum absolute atomic E-state index is 0.193. The van der Waals surface area contributed by atoms with Gasteiger partial charge in [0.2, 0.25) is 12.2 Å². The number of hydrogen-bond donors (Lipinski definition) is 0. The molecular weight excluding hydrogens is 204 g/mol. The number of aliphatic imine (C=N–C) groups is 2. The van der Waals surface area contributed by atoms with Crippen LogP contribution in [0.5, 0.6) is 0 Å². The topological polar surface area (TPSA) is 58.9 Å². The molecule has 0 aliphatic rings. The summed E-state index contributed by atoms with van der Waals surface area (Å²) < 4.78 is 0. The summed E-state index contributed by atoms with van der Waals surface area (Å²) >= 11 is 0. The molecule has 1 aromatic carbocycles. The summed E-state index contributed by atoms with van der Waals surface area (Å²) in [5.41, 5.74) is 2.93. The van der Waals surface area contributed by atoms with Crippen molar-refractivity contribution in [3.63, 3.8) is 0 Å². The van der Waals surface area contributed by atoms with Gasteiger partial charge in [0, 0.05) is 0 Å². The Hall–Kier alpha value is -2.02. The first-order valence-corrected chi connectivity index (χ1v) is 4.89. The summed E-state index contributed by atoms with van der Waals surface area (Å²) in [6, 6.07) is 5.48. The van der Waals surface area contributed by atoms with Crippen LogP contribution in [0.25, 0.3) is 0 Å². The maximum atomic E-state index is 10.2. The molecule has 0 aromatic heterocycles. The highest BCUT2D eigenvalue weighted by Crippen LogP contribution is 2.21. The average molecular weight is 216 g/mol. The van der Waals surface area contributed by atoms with Gasteiger partial charge in [0.25, 0.3) is 0 Å². The molecule has 1 atom stereocenters. The number of hydrogen-bond acceptors (Lipinski definition) is 4. The molecule has 4 heteroatoms. The molecule has 1 rings (SSSR count). The monoisotopic (exact) mass is 216 g/mol. The summed E-state index contributed by atoms with van der Waals surface area (Å²) in [7, 11) is 0. The van der Waals surface area contributed by atoms with E-state index in [4.69, 9.17) is 0 Å². The van der Waals surface area contributed by atoms with E-state index >= 15 is 0 Å². The highest BCUT2D eigenvalue weighted by Gasteiger charge is 2.07. The summed E-state index contributed by atoms with van der Waals surface area (Å²) in [5.74, 6) is 0. The predicted octanol–water partition coefficient (Wildman–Crippen LogP) is 2.23. The van der Waals surface area contributed by atoms with Crippen LogP contribution in [0, 0.1) is 6.92 Å². The zero-order valence-electron chi connectivity index (χ0n) is 9.23. The van der Waals surface area contributed by atoms with Crippen LogP contribution in [-0.2, 0) is 16.1 Å². The van der Waals surface area contributed by atoms with Crippen LogP contribution in [0.4, 0.5) is 0 Å². The van der Waals surface area contributed by atoms with Crippen molar-refractivity contribution in [2.45, 2.75) is 26.4 Å². The minimum Gasteiger partial charge on any atom is -0.211 e. The van der Waals surface area contributed by atoms with Gasteiger partial charge >= 0.3 is 0 Å². The van der Waals surface area contributed by atoms with E-state index in [9.17, 15) is 9.59 Å². The molecule has 0 amide bonds. The Morgan fingerprint density at radius 2 is 2.06 bits per heavy atom. The lowest BCUT2D eigenvalue weighted by Gasteiger charge is -2.09. The van der Waals surface area contributed by atoms with Crippen molar-refractivity contribution in [2.24, 2.45) is 9.98 Å². The standard InChI is InChI=1S/C12H12N2O2/c1-9-5-11(6-13-7-15)3-4-12(9)10(2)14-8-16/h3-5,10H,6H2,1-2H3. The van der Waals surface area contributed by atoms with Crippen LogP contribution in [0.15, 0.2) is 28.2 Å². The Kier molecular flexibility index (Phi) is 4.34. The van der Waals surface area contributed by atoms with Gasteiger partial charge in [0.1, 0.15) is 0 Å². The highest BCUT2D eigenvalue weighted by molar-refractivity contribution is 5.39. The van der Waals surface area contributed by atoms with Crippen LogP contribution >= 0.6 is 0 Å². The SMILES string of the molecule is Cc1cc(CN=C=O)ccc1C(C)N=C=O. The maximum absolute atomic E-state index is 10.2. The van der Waals surface area contributed by atoms with E-state index in [1.807, 2.05) is 32.0 Å². The lowest BCUT2D eigenvalue weighted by molar-refractivity contribution is 0.559. The molecule has 1 unspecified atom stereocenters. The van der Waals surface area contributed by atoms with Gasteiger partial charge in [0.15, 0.2) is 0 Å². The Morgan fingerprint density at radius 1 is 1.31 bits per heavy atom. The molecular formula is C12H12N2O2. The number of aryl methyl sites for hydroxylation is 1. The molecule has 0 spiro atoms. The van der Waals surface area contributed by atoms with E-state index in [-0.39, 0.29) is 6.04 Å². The lowest BCUT2D eigenvalue weighted by Crippen LogP contribution is -1.95. The fourth-order valence-corrected chi connectivity index (χ4v) is 1.58. The second-order valence-corrected chi connectivity index (χ2v) is 3.49. The lowest BCUT2D eigenvalue weighted by atomic mass is 10.0. The highest BCUT2D eigenvalue weighted by atomic mass is 16.1. The van der Waals surface area contributed by atoms with Crippen molar-refractivity contribution in [1.82, 2.24) is 0 Å². The van der Waals surface area contributed by atoms with Crippen LogP contribution < -0.4 is 0 Å². The van der Waals surface area contributed by atoms with Gasteiger partial charge in [0.05, 0.1) is 12.6 Å². The van der Waals surface area contributed by atoms with Crippen LogP contribution in [0.2, 0.25) is 0 Å². The molecule has 16 heavy (non-hydrogen) atoms. The number of rotatable bonds is 4. The fourth-order valence-electron chi connectivity index (χ4n) is 1.58. The minimum atomic E-state index is -0.193. The Bertz CT molecular complexity index is 470. The van der Waals surface area contributed by atoms with Crippen LogP contribution in [-0.4, -0.2) is 12.2 Å². The molecule has 0 heterocycles. The number of benzene rings is 1. The molecule has 0 fully saturated rings. The van der Waals surface area contributed by atoms with Gasteiger partial charge in [-0.25, -0.2) is 14.6 Å². The second kappa shape index (κ2) is 5.76. The van der Waals surface area contributed by atoms with Crippen molar-refractivity contribution >= 4 is 12.2 Å². The molecule has 82 valence electrons.